The van der Waals surface area contributed by atoms with Crippen LogP contribution in [0, 0.1) is 10.1 Å². The normalized spacial score (nSPS) is 19.4. The highest BCUT2D eigenvalue weighted by molar-refractivity contribution is 8.14. The number of nitro benzene ring substituents is 1. The van der Waals surface area contributed by atoms with Crippen LogP contribution in [0.2, 0.25) is 0 Å². The summed E-state index contributed by atoms with van der Waals surface area (Å²) in [6.07, 6.45) is 1.73. The maximum atomic E-state index is 13.2. The van der Waals surface area contributed by atoms with E-state index in [1.165, 1.54) is 25.7 Å². The summed E-state index contributed by atoms with van der Waals surface area (Å²) in [5.74, 6) is 0. The van der Waals surface area contributed by atoms with Gasteiger partial charge in [-0.3, -0.25) is 15.0 Å². The third-order valence-electron chi connectivity index (χ3n) is 5.73. The van der Waals surface area contributed by atoms with E-state index in [9.17, 15) is 28.1 Å². The molecule has 0 aliphatic carbocycles. The van der Waals surface area contributed by atoms with Crippen molar-refractivity contribution in [1.29, 1.82) is 0 Å². The minimum absolute atomic E-state index is 0.0588. The van der Waals surface area contributed by atoms with Gasteiger partial charge in [0.2, 0.25) is 0 Å². The Bertz CT molecular complexity index is 871. The number of carbonyl (C=O) groups is 1. The van der Waals surface area contributed by atoms with E-state index in [0.717, 1.165) is 43.9 Å². The zero-order chi connectivity index (χ0) is 23.3. The Labute approximate surface area is 189 Å². The third-order valence-corrected chi connectivity index (χ3v) is 6.93. The predicted molar refractivity (Wildman–Crippen MR) is 117 cm³/mol. The van der Waals surface area contributed by atoms with Crippen molar-refractivity contribution in [3.63, 3.8) is 0 Å². The Hall–Kier alpha value is -2.14. The Kier molecular flexibility index (Phi) is 8.16. The van der Waals surface area contributed by atoms with Crippen molar-refractivity contribution in [3.8, 4) is 0 Å². The smallest absolute Gasteiger partial charge is 0.349 e. The number of halogens is 3. The molecule has 2 aliphatic heterocycles. The molecule has 176 valence electrons. The summed E-state index contributed by atoms with van der Waals surface area (Å²) in [4.78, 5) is 31.0. The molecule has 1 saturated heterocycles. The average molecular weight is 473 g/mol. The van der Waals surface area contributed by atoms with Crippen LogP contribution in [0.25, 0.3) is 0 Å². The largest absolute Gasteiger partial charge is 0.416 e. The fourth-order valence-corrected chi connectivity index (χ4v) is 5.12. The first kappa shape index (κ1) is 24.5. The topological polar surface area (TPSA) is 79.0 Å². The van der Waals surface area contributed by atoms with Crippen molar-refractivity contribution in [3.05, 3.63) is 33.4 Å². The highest BCUT2D eigenvalue weighted by atomic mass is 32.2. The Morgan fingerprint density at radius 2 is 1.88 bits per heavy atom. The van der Waals surface area contributed by atoms with Crippen molar-refractivity contribution in [2.75, 3.05) is 32.7 Å². The molecular formula is C21H27F3N4O3S. The van der Waals surface area contributed by atoms with Crippen molar-refractivity contribution >= 4 is 28.9 Å². The lowest BCUT2D eigenvalue weighted by Crippen LogP contribution is -2.48. The van der Waals surface area contributed by atoms with Crippen LogP contribution < -0.4 is 0 Å². The first-order valence-corrected chi connectivity index (χ1v) is 11.6. The maximum absolute atomic E-state index is 13.2. The molecule has 2 heterocycles. The summed E-state index contributed by atoms with van der Waals surface area (Å²) in [6, 6.07) is 0.136. The van der Waals surface area contributed by atoms with Gasteiger partial charge >= 0.3 is 6.18 Å². The molecule has 0 spiro atoms. The monoisotopic (exact) mass is 472 g/mol. The molecule has 0 bridgehead atoms. The molecule has 1 unspecified atom stereocenters. The fraction of sp³-hybridized carbons (Fsp3) is 0.619. The van der Waals surface area contributed by atoms with Crippen LogP contribution in [-0.2, 0) is 11.0 Å². The SMILES string of the molecule is CCCCCCCN1CCN(C2=NC(C=O)c3cc(C(F)(F)F)cc([N+](=O)[O-])c3S2)CC1. The number of benzene rings is 1. The summed E-state index contributed by atoms with van der Waals surface area (Å²) in [5, 5.41) is 12.0. The number of aldehydes is 1. The molecular weight excluding hydrogens is 445 g/mol. The number of nitro groups is 1. The zero-order valence-corrected chi connectivity index (χ0v) is 18.8. The van der Waals surface area contributed by atoms with E-state index < -0.39 is 28.4 Å². The minimum atomic E-state index is -4.76. The summed E-state index contributed by atoms with van der Waals surface area (Å²) in [6.45, 7) is 6.11. The van der Waals surface area contributed by atoms with Gasteiger partial charge in [0.1, 0.15) is 12.3 Å². The quantitative estimate of drug-likeness (QED) is 0.232. The molecule has 0 amide bonds. The number of alkyl halides is 3. The molecule has 2 aliphatic rings. The number of carbonyl (C=O) groups excluding carboxylic acids is 1. The number of hydrogen-bond acceptors (Lipinski definition) is 7. The van der Waals surface area contributed by atoms with Crippen molar-refractivity contribution < 1.29 is 22.9 Å². The van der Waals surface area contributed by atoms with Gasteiger partial charge in [0.25, 0.3) is 5.69 Å². The average Bonchev–Trinajstić information content (AvgIpc) is 2.77. The standard InChI is InChI=1S/C21H27F3N4O3S/c1-2-3-4-5-6-7-26-8-10-27(11-9-26)20-25-17(14-29)16-12-15(21(22,23)24)13-18(28(30)31)19(16)32-20/h12-14,17H,2-11H2,1H3. The summed E-state index contributed by atoms with van der Waals surface area (Å²) >= 11 is 0.975. The Morgan fingerprint density at radius 3 is 2.47 bits per heavy atom. The van der Waals surface area contributed by atoms with Crippen LogP contribution in [0.3, 0.4) is 0 Å². The molecule has 0 N–H and O–H groups in total. The number of piperazine rings is 1. The van der Waals surface area contributed by atoms with Gasteiger partial charge in [0.15, 0.2) is 5.17 Å². The van der Waals surface area contributed by atoms with E-state index in [-0.39, 0.29) is 10.5 Å². The van der Waals surface area contributed by atoms with E-state index in [4.69, 9.17) is 0 Å². The molecule has 32 heavy (non-hydrogen) atoms. The highest BCUT2D eigenvalue weighted by Crippen LogP contribution is 2.45. The number of rotatable bonds is 8. The number of unbranched alkanes of at least 4 members (excludes halogenated alkanes) is 4. The maximum Gasteiger partial charge on any atom is 0.416 e. The lowest BCUT2D eigenvalue weighted by molar-refractivity contribution is -0.388. The molecule has 11 heteroatoms. The Morgan fingerprint density at radius 1 is 1.19 bits per heavy atom. The lowest BCUT2D eigenvalue weighted by Gasteiger charge is -2.37. The van der Waals surface area contributed by atoms with Crippen LogP contribution >= 0.6 is 11.8 Å². The highest BCUT2D eigenvalue weighted by Gasteiger charge is 2.38. The second-order valence-electron chi connectivity index (χ2n) is 8.01. The number of fused-ring (bicyclic) bond motifs is 1. The number of aliphatic imine (C=N–C) groups is 1. The van der Waals surface area contributed by atoms with E-state index in [1.807, 2.05) is 4.90 Å². The number of hydrogen-bond donors (Lipinski definition) is 0. The van der Waals surface area contributed by atoms with Gasteiger partial charge in [-0.15, -0.1) is 0 Å². The number of nitrogens with zero attached hydrogens (tertiary/aromatic N) is 4. The molecule has 0 radical (unpaired) electrons. The van der Waals surface area contributed by atoms with Gasteiger partial charge in [-0.2, -0.15) is 13.2 Å². The van der Waals surface area contributed by atoms with Gasteiger partial charge < -0.3 is 9.69 Å². The van der Waals surface area contributed by atoms with Gasteiger partial charge in [-0.05, 0) is 30.8 Å². The van der Waals surface area contributed by atoms with Crippen molar-refractivity contribution in [2.45, 2.75) is 56.1 Å². The third kappa shape index (κ3) is 5.80. The van der Waals surface area contributed by atoms with Gasteiger partial charge in [0, 0.05) is 37.8 Å². The lowest BCUT2D eigenvalue weighted by atomic mass is 10.0. The molecule has 0 saturated carbocycles. The van der Waals surface area contributed by atoms with E-state index in [1.54, 1.807) is 0 Å². The zero-order valence-electron chi connectivity index (χ0n) is 17.9. The van der Waals surface area contributed by atoms with Gasteiger partial charge in [-0.1, -0.05) is 32.6 Å². The van der Waals surface area contributed by atoms with E-state index >= 15 is 0 Å². The molecule has 1 fully saturated rings. The van der Waals surface area contributed by atoms with E-state index in [2.05, 4.69) is 16.8 Å². The van der Waals surface area contributed by atoms with Crippen LogP contribution in [0.15, 0.2) is 22.0 Å². The van der Waals surface area contributed by atoms with Crippen molar-refractivity contribution in [1.82, 2.24) is 9.80 Å². The molecule has 1 aromatic carbocycles. The number of thioether (sulfide) groups is 1. The first-order valence-electron chi connectivity index (χ1n) is 10.8. The second kappa shape index (κ2) is 10.7. The van der Waals surface area contributed by atoms with E-state index in [0.29, 0.717) is 30.6 Å². The van der Waals surface area contributed by atoms with Crippen LogP contribution in [0.1, 0.15) is 56.2 Å². The molecule has 7 nitrogen and oxygen atoms in total. The minimum Gasteiger partial charge on any atom is -0.349 e. The fourth-order valence-electron chi connectivity index (χ4n) is 3.92. The number of amidine groups is 1. The van der Waals surface area contributed by atoms with Crippen LogP contribution in [0.5, 0.6) is 0 Å². The summed E-state index contributed by atoms with van der Waals surface area (Å²) < 4.78 is 39.7. The molecule has 3 rings (SSSR count). The van der Waals surface area contributed by atoms with Gasteiger partial charge in [0.05, 0.1) is 15.4 Å². The van der Waals surface area contributed by atoms with Crippen molar-refractivity contribution in [2.24, 2.45) is 4.99 Å². The molecule has 1 atom stereocenters. The first-order chi connectivity index (χ1) is 15.2. The molecule has 0 aromatic heterocycles. The Balaban J connectivity index is 1.72. The summed E-state index contributed by atoms with van der Waals surface area (Å²) in [5.41, 5.74) is -1.87. The second-order valence-corrected chi connectivity index (χ2v) is 8.98. The van der Waals surface area contributed by atoms with Crippen LogP contribution in [0.4, 0.5) is 18.9 Å². The van der Waals surface area contributed by atoms with Gasteiger partial charge in [-0.25, -0.2) is 4.99 Å². The molecule has 1 aromatic rings. The van der Waals surface area contributed by atoms with Crippen LogP contribution in [-0.4, -0.2) is 58.9 Å². The predicted octanol–water partition coefficient (Wildman–Crippen LogP) is 4.90. The summed E-state index contributed by atoms with van der Waals surface area (Å²) in [7, 11) is 0.